The van der Waals surface area contributed by atoms with E-state index >= 15 is 0 Å². The van der Waals surface area contributed by atoms with E-state index in [-0.39, 0.29) is 11.5 Å². The van der Waals surface area contributed by atoms with E-state index in [2.05, 4.69) is 20.3 Å². The Morgan fingerprint density at radius 3 is 2.29 bits per heavy atom. The summed E-state index contributed by atoms with van der Waals surface area (Å²) >= 11 is 1.48. The molecule has 3 N–H and O–H groups in total. The number of sulfonamides is 1. The van der Waals surface area contributed by atoms with Crippen LogP contribution in [-0.2, 0) is 14.8 Å². The number of nitrogens with zero attached hydrogens (tertiary/aromatic N) is 1. The molecule has 10 nitrogen and oxygen atoms in total. The number of methoxy groups -OCH3 is 2. The lowest BCUT2D eigenvalue weighted by molar-refractivity contribution is -0.118. The summed E-state index contributed by atoms with van der Waals surface area (Å²) in [6.07, 6.45) is 0. The van der Waals surface area contributed by atoms with Crippen LogP contribution in [0.25, 0.3) is 11.3 Å². The van der Waals surface area contributed by atoms with Crippen LogP contribution in [-0.4, -0.2) is 47.2 Å². The first-order valence-electron chi connectivity index (χ1n) is 11.3. The van der Waals surface area contributed by atoms with E-state index in [1.165, 1.54) is 49.8 Å². The zero-order valence-electron chi connectivity index (χ0n) is 20.8. The van der Waals surface area contributed by atoms with Crippen LogP contribution in [0.4, 0.5) is 16.5 Å². The molecule has 1 amide bonds. The lowest BCUT2D eigenvalue weighted by atomic mass is 10.1. The lowest BCUT2D eigenvalue weighted by Gasteiger charge is -2.13. The molecule has 0 fully saturated rings. The molecule has 0 aliphatic carbocycles. The molecule has 0 saturated heterocycles. The van der Waals surface area contributed by atoms with Gasteiger partial charge in [0.25, 0.3) is 15.9 Å². The number of anilines is 3. The highest BCUT2D eigenvalue weighted by Gasteiger charge is 2.15. The molecular weight excluding hydrogens is 528 g/mol. The highest BCUT2D eigenvalue weighted by atomic mass is 32.2. The third-order valence-corrected chi connectivity index (χ3v) is 7.59. The van der Waals surface area contributed by atoms with Crippen molar-refractivity contribution in [2.75, 3.05) is 43.2 Å². The van der Waals surface area contributed by atoms with Crippen LogP contribution >= 0.6 is 11.3 Å². The number of aromatic nitrogens is 1. The van der Waals surface area contributed by atoms with Gasteiger partial charge in [0.15, 0.2) is 11.7 Å². The van der Waals surface area contributed by atoms with Crippen molar-refractivity contribution in [1.29, 1.82) is 0 Å². The Balaban J connectivity index is 1.37. The van der Waals surface area contributed by atoms with Gasteiger partial charge in [-0.15, -0.1) is 11.3 Å². The summed E-state index contributed by atoms with van der Waals surface area (Å²) in [4.78, 5) is 17.1. The molecule has 38 heavy (non-hydrogen) atoms. The van der Waals surface area contributed by atoms with Crippen LogP contribution in [0.1, 0.15) is 0 Å². The van der Waals surface area contributed by atoms with Gasteiger partial charge in [-0.1, -0.05) is 0 Å². The second-order valence-electron chi connectivity index (χ2n) is 7.85. The highest BCUT2D eigenvalue weighted by Crippen LogP contribution is 2.32. The molecular formula is C26H26N4O6S2. The summed E-state index contributed by atoms with van der Waals surface area (Å²) in [5, 5.41) is 8.49. The van der Waals surface area contributed by atoms with Gasteiger partial charge >= 0.3 is 0 Å². The monoisotopic (exact) mass is 554 g/mol. The van der Waals surface area contributed by atoms with Gasteiger partial charge in [-0.25, -0.2) is 13.4 Å². The number of hydrogen-bond donors (Lipinski definition) is 3. The summed E-state index contributed by atoms with van der Waals surface area (Å²) in [7, 11) is 1.04. The van der Waals surface area contributed by atoms with E-state index in [1.54, 1.807) is 43.4 Å². The zero-order valence-corrected chi connectivity index (χ0v) is 22.5. The summed E-state index contributed by atoms with van der Waals surface area (Å²) in [6.45, 7) is -0.288. The molecule has 0 saturated carbocycles. The van der Waals surface area contributed by atoms with Crippen LogP contribution in [0.15, 0.2) is 77.0 Å². The highest BCUT2D eigenvalue weighted by molar-refractivity contribution is 7.92. The van der Waals surface area contributed by atoms with Gasteiger partial charge in [0.1, 0.15) is 17.2 Å². The fourth-order valence-electron chi connectivity index (χ4n) is 3.41. The van der Waals surface area contributed by atoms with Gasteiger partial charge in [-0.05, 0) is 66.7 Å². The second-order valence-corrected chi connectivity index (χ2v) is 10.4. The normalized spacial score (nSPS) is 10.9. The summed E-state index contributed by atoms with van der Waals surface area (Å²) in [5.41, 5.74) is 2.47. The molecule has 0 spiro atoms. The van der Waals surface area contributed by atoms with Gasteiger partial charge in [-0.2, -0.15) is 0 Å². The van der Waals surface area contributed by atoms with Crippen molar-refractivity contribution in [3.8, 4) is 28.5 Å². The van der Waals surface area contributed by atoms with E-state index in [0.29, 0.717) is 28.6 Å². The van der Waals surface area contributed by atoms with Crippen molar-refractivity contribution < 1.29 is 27.4 Å². The van der Waals surface area contributed by atoms with Crippen LogP contribution in [0.3, 0.4) is 0 Å². The maximum absolute atomic E-state index is 12.7. The molecule has 12 heteroatoms. The van der Waals surface area contributed by atoms with Gasteiger partial charge < -0.3 is 24.8 Å². The Labute approximate surface area is 224 Å². The zero-order chi connectivity index (χ0) is 27.1. The largest absolute Gasteiger partial charge is 0.497 e. The smallest absolute Gasteiger partial charge is 0.262 e. The third-order valence-electron chi connectivity index (χ3n) is 5.33. The first-order valence-corrected chi connectivity index (χ1v) is 13.7. The van der Waals surface area contributed by atoms with E-state index in [1.807, 2.05) is 11.4 Å². The number of nitrogens with one attached hydrogen (secondary N) is 3. The molecule has 1 aromatic heterocycles. The fraction of sp³-hybridized carbons (Fsp3) is 0.154. The predicted molar refractivity (Wildman–Crippen MR) is 148 cm³/mol. The minimum atomic E-state index is -3.80. The first-order chi connectivity index (χ1) is 18.3. The molecule has 0 aliphatic rings. The van der Waals surface area contributed by atoms with Crippen LogP contribution < -0.4 is 29.6 Å². The van der Waals surface area contributed by atoms with E-state index < -0.39 is 15.9 Å². The second kappa shape index (κ2) is 11.8. The van der Waals surface area contributed by atoms with Gasteiger partial charge in [0.2, 0.25) is 0 Å². The Hall–Kier alpha value is -4.29. The van der Waals surface area contributed by atoms with E-state index in [9.17, 15) is 13.2 Å². The maximum atomic E-state index is 12.7. The SMILES string of the molecule is CNc1nc(-c2ccc(OC)c(NC(=O)COc3ccc(S(=O)(=O)Nc4ccc(OC)cc4)cc3)c2)cs1. The number of rotatable bonds is 11. The lowest BCUT2D eigenvalue weighted by Crippen LogP contribution is -2.20. The van der Waals surface area contributed by atoms with Crippen LogP contribution in [0, 0.1) is 0 Å². The average molecular weight is 555 g/mol. The quantitative estimate of drug-likeness (QED) is 0.244. The fourth-order valence-corrected chi connectivity index (χ4v) is 5.15. The van der Waals surface area contributed by atoms with Crippen molar-refractivity contribution in [1.82, 2.24) is 4.98 Å². The Morgan fingerprint density at radius 2 is 1.66 bits per heavy atom. The number of thiazole rings is 1. The number of hydrogen-bond acceptors (Lipinski definition) is 9. The Morgan fingerprint density at radius 1 is 0.947 bits per heavy atom. The minimum absolute atomic E-state index is 0.0511. The van der Waals surface area contributed by atoms with E-state index in [4.69, 9.17) is 14.2 Å². The summed E-state index contributed by atoms with van der Waals surface area (Å²) in [5.74, 6) is 1.04. The van der Waals surface area contributed by atoms with Crippen molar-refractivity contribution >= 4 is 43.8 Å². The van der Waals surface area contributed by atoms with Crippen molar-refractivity contribution in [2.24, 2.45) is 0 Å². The van der Waals surface area contributed by atoms with Crippen LogP contribution in [0.5, 0.6) is 17.2 Å². The molecule has 4 rings (SSSR count). The molecule has 3 aromatic carbocycles. The third kappa shape index (κ3) is 6.52. The van der Waals surface area contributed by atoms with Gasteiger partial charge in [0, 0.05) is 23.7 Å². The van der Waals surface area contributed by atoms with Gasteiger partial charge in [-0.3, -0.25) is 9.52 Å². The molecule has 0 bridgehead atoms. The molecule has 0 aliphatic heterocycles. The number of amides is 1. The number of carbonyl (C=O) groups excluding carboxylic acids is 1. The van der Waals surface area contributed by atoms with Gasteiger partial charge in [0.05, 0.1) is 30.5 Å². The molecule has 0 radical (unpaired) electrons. The first kappa shape index (κ1) is 26.8. The summed E-state index contributed by atoms with van der Waals surface area (Å²) in [6, 6.07) is 17.7. The Bertz CT molecular complexity index is 1500. The molecule has 198 valence electrons. The van der Waals surface area contributed by atoms with E-state index in [0.717, 1.165) is 16.4 Å². The number of ether oxygens (including phenoxy) is 3. The topological polar surface area (TPSA) is 128 Å². The number of benzene rings is 3. The minimum Gasteiger partial charge on any atom is -0.497 e. The molecule has 0 unspecified atom stereocenters. The molecule has 4 aromatic rings. The Kier molecular flexibility index (Phi) is 8.34. The van der Waals surface area contributed by atoms with Crippen molar-refractivity contribution in [3.05, 3.63) is 72.1 Å². The van der Waals surface area contributed by atoms with Crippen molar-refractivity contribution in [2.45, 2.75) is 4.90 Å². The average Bonchev–Trinajstić information content (AvgIpc) is 3.42. The molecule has 0 atom stereocenters. The number of carbonyl (C=O) groups is 1. The predicted octanol–water partition coefficient (Wildman–Crippen LogP) is 4.69. The van der Waals surface area contributed by atoms with Crippen LogP contribution in [0.2, 0.25) is 0 Å². The maximum Gasteiger partial charge on any atom is 0.262 e. The molecule has 1 heterocycles. The van der Waals surface area contributed by atoms with Crippen molar-refractivity contribution in [3.63, 3.8) is 0 Å². The standard InChI is InChI=1S/C26H26N4O6S2/c1-27-26-29-23(16-37-26)17-4-13-24(35-3)22(14-17)28-25(31)15-36-20-9-11-21(12-10-20)38(32,33)30-18-5-7-19(34-2)8-6-18/h4-14,16,30H,15H2,1-3H3,(H,27,29)(H,28,31). The summed E-state index contributed by atoms with van der Waals surface area (Å²) < 4.78 is 43.9.